The number of aliphatic carboxylic acids is 2. The molecule has 12 heteroatoms. The summed E-state index contributed by atoms with van der Waals surface area (Å²) in [5.41, 5.74) is 0.106. The second kappa shape index (κ2) is 11.1. The van der Waals surface area contributed by atoms with Crippen molar-refractivity contribution in [2.24, 2.45) is 0 Å². The summed E-state index contributed by atoms with van der Waals surface area (Å²) in [6.07, 6.45) is 5.10. The number of nitrogens with one attached hydrogen (secondary N) is 1. The third kappa shape index (κ3) is 6.54. The molecule has 0 aliphatic rings. The lowest BCUT2D eigenvalue weighted by Crippen LogP contribution is -2.14. The molecule has 174 valence electrons. The number of aromatic nitrogens is 2. The lowest BCUT2D eigenvalue weighted by molar-refractivity contribution is -0.134. The fourth-order valence-corrected chi connectivity index (χ4v) is 4.03. The maximum absolute atomic E-state index is 14.2. The standard InChI is InChI=1S/C17H15F2N3O2S.C4H4O4/c1-20-9-12-8-16(17-14(18)5-2-6-15(17)19)22(11-12)25(23,24)13-4-3-7-21-10-13;5-3(6)1-2-4(7)8/h2-8,10-11,20H,9H2,1H3;1-2H,(H,5,6)(H,7,8). The van der Waals surface area contributed by atoms with Crippen molar-refractivity contribution < 1.29 is 37.0 Å². The van der Waals surface area contributed by atoms with E-state index >= 15 is 0 Å². The largest absolute Gasteiger partial charge is 0.478 e. The summed E-state index contributed by atoms with van der Waals surface area (Å²) in [6, 6.07) is 7.71. The minimum Gasteiger partial charge on any atom is -0.478 e. The van der Waals surface area contributed by atoms with Crippen LogP contribution in [0.25, 0.3) is 11.3 Å². The summed E-state index contributed by atoms with van der Waals surface area (Å²) in [6.45, 7) is 0.346. The van der Waals surface area contributed by atoms with Crippen LogP contribution in [0.15, 0.2) is 72.0 Å². The molecule has 1 aromatic carbocycles. The van der Waals surface area contributed by atoms with Gasteiger partial charge < -0.3 is 15.5 Å². The molecular weight excluding hydrogens is 460 g/mol. The third-order valence-electron chi connectivity index (χ3n) is 4.00. The number of nitrogens with zero attached hydrogens (tertiary/aromatic N) is 2. The van der Waals surface area contributed by atoms with Crippen molar-refractivity contribution in [3.05, 3.63) is 84.3 Å². The quantitative estimate of drug-likeness (QED) is 0.440. The minimum atomic E-state index is -4.06. The molecule has 0 atom stereocenters. The van der Waals surface area contributed by atoms with E-state index in [1.54, 1.807) is 7.05 Å². The molecule has 0 aliphatic carbocycles. The summed E-state index contributed by atoms with van der Waals surface area (Å²) in [5, 5.41) is 18.5. The zero-order chi connectivity index (χ0) is 24.6. The van der Waals surface area contributed by atoms with Crippen molar-refractivity contribution in [1.29, 1.82) is 0 Å². The molecule has 0 saturated carbocycles. The van der Waals surface area contributed by atoms with Gasteiger partial charge in [-0.3, -0.25) is 4.98 Å². The second-order valence-corrected chi connectivity index (χ2v) is 8.17. The molecule has 3 N–H and O–H groups in total. The molecule has 0 amide bonds. The first-order chi connectivity index (χ1) is 15.6. The number of carboxylic acids is 2. The van der Waals surface area contributed by atoms with Crippen LogP contribution in [0.4, 0.5) is 8.78 Å². The molecule has 0 aliphatic heterocycles. The van der Waals surface area contributed by atoms with Crippen LogP contribution in [0.2, 0.25) is 0 Å². The molecule has 0 bridgehead atoms. The molecule has 33 heavy (non-hydrogen) atoms. The van der Waals surface area contributed by atoms with Gasteiger partial charge in [0.1, 0.15) is 16.5 Å². The maximum Gasteiger partial charge on any atom is 0.328 e. The topological polar surface area (TPSA) is 139 Å². The van der Waals surface area contributed by atoms with Crippen LogP contribution in [0.3, 0.4) is 0 Å². The van der Waals surface area contributed by atoms with E-state index in [0.717, 1.165) is 16.1 Å². The first kappa shape index (κ1) is 25.4. The van der Waals surface area contributed by atoms with E-state index in [-0.39, 0.29) is 10.6 Å². The van der Waals surface area contributed by atoms with Gasteiger partial charge in [0.15, 0.2) is 0 Å². The fourth-order valence-electron chi connectivity index (χ4n) is 2.68. The van der Waals surface area contributed by atoms with Crippen LogP contribution in [-0.2, 0) is 26.2 Å². The van der Waals surface area contributed by atoms with Gasteiger partial charge in [0, 0.05) is 37.3 Å². The number of benzene rings is 1. The number of hydrogen-bond acceptors (Lipinski definition) is 6. The van der Waals surface area contributed by atoms with Crippen LogP contribution in [0.5, 0.6) is 0 Å². The first-order valence-electron chi connectivity index (χ1n) is 9.17. The SMILES string of the molecule is CNCc1cc(-c2c(F)cccc2F)n(S(=O)(=O)c2cccnc2)c1.O=C(O)C=CC(=O)O. The number of rotatable bonds is 7. The van der Waals surface area contributed by atoms with E-state index in [4.69, 9.17) is 10.2 Å². The van der Waals surface area contributed by atoms with Gasteiger partial charge in [-0.2, -0.15) is 0 Å². The molecule has 0 fully saturated rings. The lowest BCUT2D eigenvalue weighted by atomic mass is 10.1. The third-order valence-corrected chi connectivity index (χ3v) is 5.66. The van der Waals surface area contributed by atoms with Gasteiger partial charge in [0.05, 0.1) is 11.3 Å². The predicted octanol–water partition coefficient (Wildman–Crippen LogP) is 2.50. The number of hydrogen-bond donors (Lipinski definition) is 3. The average molecular weight is 479 g/mol. The molecule has 9 nitrogen and oxygen atoms in total. The normalized spacial score (nSPS) is 11.1. The highest BCUT2D eigenvalue weighted by Gasteiger charge is 2.25. The van der Waals surface area contributed by atoms with Crippen molar-refractivity contribution in [3.8, 4) is 11.3 Å². The lowest BCUT2D eigenvalue weighted by Gasteiger charge is -2.11. The molecule has 2 aromatic heterocycles. The summed E-state index contributed by atoms with van der Waals surface area (Å²) in [4.78, 5) is 22.8. The number of pyridine rings is 1. The van der Waals surface area contributed by atoms with Crippen LogP contribution in [0.1, 0.15) is 5.56 Å². The van der Waals surface area contributed by atoms with Gasteiger partial charge in [-0.05, 0) is 42.9 Å². The average Bonchev–Trinajstić information content (AvgIpc) is 3.18. The van der Waals surface area contributed by atoms with Gasteiger partial charge in [0.2, 0.25) is 0 Å². The zero-order valence-corrected chi connectivity index (χ0v) is 18.0. The molecule has 3 rings (SSSR count). The van der Waals surface area contributed by atoms with Crippen LogP contribution < -0.4 is 5.32 Å². The Morgan fingerprint density at radius 2 is 1.70 bits per heavy atom. The Labute approximate surface area is 187 Å². The monoisotopic (exact) mass is 479 g/mol. The molecule has 0 saturated heterocycles. The number of carbonyl (C=O) groups is 2. The van der Waals surface area contributed by atoms with Gasteiger partial charge >= 0.3 is 11.9 Å². The van der Waals surface area contributed by atoms with Crippen molar-refractivity contribution in [2.45, 2.75) is 11.4 Å². The highest BCUT2D eigenvalue weighted by Crippen LogP contribution is 2.30. The Morgan fingerprint density at radius 1 is 1.09 bits per heavy atom. The second-order valence-electron chi connectivity index (χ2n) is 6.36. The number of carboxylic acid groups (broad SMARTS) is 2. The Morgan fingerprint density at radius 3 is 2.18 bits per heavy atom. The summed E-state index contributed by atoms with van der Waals surface area (Å²) in [7, 11) is -2.36. The highest BCUT2D eigenvalue weighted by molar-refractivity contribution is 7.90. The van der Waals surface area contributed by atoms with E-state index in [1.165, 1.54) is 42.9 Å². The van der Waals surface area contributed by atoms with E-state index in [0.29, 0.717) is 24.3 Å². The first-order valence-corrected chi connectivity index (χ1v) is 10.6. The van der Waals surface area contributed by atoms with Crippen molar-refractivity contribution >= 4 is 22.0 Å². The zero-order valence-electron chi connectivity index (χ0n) is 17.1. The summed E-state index contributed by atoms with van der Waals surface area (Å²) < 4.78 is 55.2. The Hall–Kier alpha value is -3.90. The Bertz CT molecular complexity index is 1240. The van der Waals surface area contributed by atoms with E-state index in [1.807, 2.05) is 0 Å². The summed E-state index contributed by atoms with van der Waals surface area (Å²) >= 11 is 0. The maximum atomic E-state index is 14.2. The molecule has 0 unspecified atom stereocenters. The molecule has 3 aromatic rings. The molecule has 0 spiro atoms. The Kier molecular flexibility index (Phi) is 8.54. The van der Waals surface area contributed by atoms with Crippen LogP contribution in [0, 0.1) is 11.6 Å². The number of halogens is 2. The van der Waals surface area contributed by atoms with Gasteiger partial charge in [-0.25, -0.2) is 30.8 Å². The van der Waals surface area contributed by atoms with Crippen LogP contribution in [-0.4, -0.2) is 46.6 Å². The van der Waals surface area contributed by atoms with E-state index in [2.05, 4.69) is 10.3 Å². The van der Waals surface area contributed by atoms with Crippen molar-refractivity contribution in [1.82, 2.24) is 14.3 Å². The van der Waals surface area contributed by atoms with Crippen molar-refractivity contribution in [3.63, 3.8) is 0 Å². The molecular formula is C21H19F2N3O6S. The van der Waals surface area contributed by atoms with Gasteiger partial charge in [0.25, 0.3) is 10.0 Å². The minimum absolute atomic E-state index is 0.0698. The van der Waals surface area contributed by atoms with Gasteiger partial charge in [-0.15, -0.1) is 0 Å². The fraction of sp³-hybridized carbons (Fsp3) is 0.0952. The van der Waals surface area contributed by atoms with Crippen LogP contribution >= 0.6 is 0 Å². The predicted molar refractivity (Wildman–Crippen MR) is 114 cm³/mol. The van der Waals surface area contributed by atoms with Gasteiger partial charge in [-0.1, -0.05) is 6.07 Å². The highest BCUT2D eigenvalue weighted by atomic mass is 32.2. The summed E-state index contributed by atoms with van der Waals surface area (Å²) in [5.74, 6) is -4.19. The molecule has 2 heterocycles. The van der Waals surface area contributed by atoms with E-state index in [9.17, 15) is 26.8 Å². The van der Waals surface area contributed by atoms with Crippen molar-refractivity contribution in [2.75, 3.05) is 7.05 Å². The smallest absolute Gasteiger partial charge is 0.328 e. The van der Waals surface area contributed by atoms with E-state index < -0.39 is 39.2 Å². The Balaban J connectivity index is 0.000000414. The molecule has 0 radical (unpaired) electrons.